The number of aromatic nitrogens is 4. The van der Waals surface area contributed by atoms with Gasteiger partial charge in [-0.2, -0.15) is 4.98 Å². The van der Waals surface area contributed by atoms with Gasteiger partial charge in [-0.1, -0.05) is 0 Å². The van der Waals surface area contributed by atoms with Gasteiger partial charge in [-0.25, -0.2) is 9.97 Å². The molecule has 41 heavy (non-hydrogen) atoms. The van der Waals surface area contributed by atoms with Crippen LogP contribution < -0.4 is 21.1 Å². The first-order valence-electron chi connectivity index (χ1n) is 14.0. The Balaban J connectivity index is 1.51. The topological polar surface area (TPSA) is 146 Å². The lowest BCUT2D eigenvalue weighted by atomic mass is 9.52. The highest BCUT2D eigenvalue weighted by Gasteiger charge is 2.51. The van der Waals surface area contributed by atoms with E-state index in [0.29, 0.717) is 22.4 Å². The summed E-state index contributed by atoms with van der Waals surface area (Å²) in [6.07, 6.45) is 3.67. The molecule has 0 spiro atoms. The number of carbonyl (C=O) groups excluding carboxylic acids is 1. The van der Waals surface area contributed by atoms with Gasteiger partial charge < -0.3 is 25.7 Å². The van der Waals surface area contributed by atoms with Crippen LogP contribution in [0.25, 0.3) is 11.0 Å². The number of aliphatic hydroxyl groups is 2. The van der Waals surface area contributed by atoms with Crippen molar-refractivity contribution in [2.45, 2.75) is 54.4 Å². The monoisotopic (exact) mass is 551 g/mol. The van der Waals surface area contributed by atoms with E-state index < -0.39 is 22.6 Å². The number of Topliss-reactive ketones (excluding diaryl/α,β-unsaturated/α-hetero) is 1. The van der Waals surface area contributed by atoms with Crippen molar-refractivity contribution < 1.29 is 15.0 Å². The van der Waals surface area contributed by atoms with Gasteiger partial charge in [0.25, 0.3) is 5.56 Å². The minimum absolute atomic E-state index is 0.0476. The third-order valence-electron chi connectivity index (χ3n) is 8.55. The SMILES string of the molecule is BC1(B)CN(c2ccc(Nc3ncc4c(C)c(C(C)=O)c(=O)n(C5CC(B)(O)C(B)(O)C5)c4n3)nc2)CC(B)(B)N1. The third kappa shape index (κ3) is 5.47. The Kier molecular flexibility index (Phi) is 7.03. The number of hydrogen-bond donors (Lipinski definition) is 4. The fourth-order valence-corrected chi connectivity index (χ4v) is 6.71. The number of fused-ring (bicyclic) bond motifs is 1. The largest absolute Gasteiger partial charge is 0.397 e. The molecule has 2 unspecified atom stereocenters. The highest BCUT2D eigenvalue weighted by molar-refractivity contribution is 6.45. The zero-order chi connectivity index (χ0) is 30.1. The van der Waals surface area contributed by atoms with E-state index in [1.54, 1.807) is 28.8 Å². The molecule has 1 aliphatic carbocycles. The number of carbonyl (C=O) groups is 1. The van der Waals surface area contributed by atoms with Crippen molar-refractivity contribution in [3.05, 3.63) is 46.0 Å². The maximum Gasteiger partial charge on any atom is 0.263 e. The van der Waals surface area contributed by atoms with Gasteiger partial charge in [0.1, 0.15) is 58.5 Å². The molecule has 3 aromatic heterocycles. The van der Waals surface area contributed by atoms with Gasteiger partial charge in [0.2, 0.25) is 5.95 Å². The number of rotatable bonds is 5. The molecule has 17 heteroatoms. The highest BCUT2D eigenvalue weighted by Crippen LogP contribution is 2.42. The Morgan fingerprint density at radius 3 is 2.17 bits per heavy atom. The minimum atomic E-state index is -1.42. The Labute approximate surface area is 244 Å². The van der Waals surface area contributed by atoms with Gasteiger partial charge in [0.05, 0.1) is 28.4 Å². The maximum absolute atomic E-state index is 13.7. The van der Waals surface area contributed by atoms with E-state index in [1.807, 2.05) is 18.3 Å². The van der Waals surface area contributed by atoms with Gasteiger partial charge in [0.15, 0.2) is 5.78 Å². The first-order valence-corrected chi connectivity index (χ1v) is 14.0. The molecule has 2 fully saturated rings. The first-order chi connectivity index (χ1) is 18.9. The summed E-state index contributed by atoms with van der Waals surface area (Å²) in [5.41, 5.74) is -1.42. The van der Waals surface area contributed by atoms with Crippen LogP contribution in [0.15, 0.2) is 29.3 Å². The van der Waals surface area contributed by atoms with E-state index in [1.165, 1.54) is 11.5 Å². The van der Waals surface area contributed by atoms with Gasteiger partial charge >= 0.3 is 0 Å². The third-order valence-corrected chi connectivity index (χ3v) is 8.55. The molecule has 0 aromatic carbocycles. The molecule has 0 bridgehead atoms. The molecule has 2 aliphatic rings. The average molecular weight is 550 g/mol. The number of anilines is 3. The van der Waals surface area contributed by atoms with Crippen LogP contribution in [-0.2, 0) is 0 Å². The van der Waals surface area contributed by atoms with Crippen LogP contribution in [0.2, 0.25) is 0 Å². The van der Waals surface area contributed by atoms with Crippen molar-refractivity contribution in [1.29, 1.82) is 0 Å². The van der Waals surface area contributed by atoms with Crippen molar-refractivity contribution in [3.63, 3.8) is 0 Å². The van der Waals surface area contributed by atoms with E-state index >= 15 is 0 Å². The van der Waals surface area contributed by atoms with E-state index in [9.17, 15) is 19.8 Å². The van der Waals surface area contributed by atoms with Crippen LogP contribution in [0.1, 0.15) is 41.7 Å². The molecule has 0 radical (unpaired) electrons. The van der Waals surface area contributed by atoms with Crippen LogP contribution in [0, 0.1) is 6.92 Å². The summed E-state index contributed by atoms with van der Waals surface area (Å²) in [5.74, 6) is 0.420. The molecule has 2 atom stereocenters. The zero-order valence-electron chi connectivity index (χ0n) is 25.2. The second-order valence-electron chi connectivity index (χ2n) is 13.5. The molecule has 5 rings (SSSR count). The summed E-state index contributed by atoms with van der Waals surface area (Å²) in [4.78, 5) is 42.2. The number of aryl methyl sites for hydroxylation is 1. The number of nitrogens with one attached hydrogen (secondary N) is 2. The molecular weight excluding hydrogens is 515 g/mol. The molecular formula is C24H35B6N7O4. The van der Waals surface area contributed by atoms with Crippen LogP contribution in [-0.4, -0.2) is 117 Å². The summed E-state index contributed by atoms with van der Waals surface area (Å²) in [6.45, 7) is 4.76. The van der Waals surface area contributed by atoms with E-state index in [-0.39, 0.29) is 40.8 Å². The molecule has 4 heterocycles. The highest BCUT2D eigenvalue weighted by atomic mass is 16.3. The molecule has 11 nitrogen and oxygen atoms in total. The Bertz CT molecular complexity index is 1560. The second kappa shape index (κ2) is 9.78. The summed E-state index contributed by atoms with van der Waals surface area (Å²) in [5, 5.41) is 29.0. The van der Waals surface area contributed by atoms with Gasteiger partial charge in [-0.15, -0.1) is 0 Å². The lowest BCUT2D eigenvalue weighted by Gasteiger charge is -2.50. The lowest BCUT2D eigenvalue weighted by molar-refractivity contribution is -0.0207. The van der Waals surface area contributed by atoms with E-state index in [0.717, 1.165) is 18.8 Å². The molecule has 1 saturated carbocycles. The molecule has 4 N–H and O–H groups in total. The quantitative estimate of drug-likeness (QED) is 0.180. The van der Waals surface area contributed by atoms with Crippen molar-refractivity contribution in [3.8, 4) is 0 Å². The normalized spacial score (nSPS) is 27.1. The summed E-state index contributed by atoms with van der Waals surface area (Å²) in [7, 11) is 11.9. The van der Waals surface area contributed by atoms with Crippen LogP contribution in [0.4, 0.5) is 17.5 Å². The molecule has 0 amide bonds. The number of nitrogens with zero attached hydrogens (tertiary/aromatic N) is 5. The molecule has 1 aliphatic heterocycles. The van der Waals surface area contributed by atoms with Crippen molar-refractivity contribution in [2.75, 3.05) is 23.3 Å². The second-order valence-corrected chi connectivity index (χ2v) is 13.5. The summed E-state index contributed by atoms with van der Waals surface area (Å²) in [6, 6.07) is 3.31. The fraction of sp³-hybridized carbons (Fsp3) is 0.458. The zero-order valence-corrected chi connectivity index (χ0v) is 25.2. The van der Waals surface area contributed by atoms with E-state index in [2.05, 4.69) is 56.9 Å². The maximum atomic E-state index is 13.7. The molecule has 1 saturated heterocycles. The van der Waals surface area contributed by atoms with Crippen LogP contribution >= 0.6 is 0 Å². The smallest absolute Gasteiger partial charge is 0.263 e. The first kappa shape index (κ1) is 29.5. The van der Waals surface area contributed by atoms with E-state index in [4.69, 9.17) is 4.98 Å². The van der Waals surface area contributed by atoms with Crippen molar-refractivity contribution >= 4 is 81.3 Å². The number of hydrogen-bond acceptors (Lipinski definition) is 10. The standard InChI is InChI=1S/C24H35B6N7O4/c1-11-15-8-32-20(33-16-4-3-13(7-31-16)36-9-23(27,28)35-24(29,30)10-36)34-18(15)37(19(39)17(11)12(2)38)14-5-21(25,40)22(26,41)6-14/h3-4,7-8,14,35,40-41H,5-6,9-10,25-30H2,1-2H3,(H,31,32,33,34). The number of piperazine rings is 1. The van der Waals surface area contributed by atoms with Gasteiger partial charge in [-0.05, 0) is 55.1 Å². The predicted molar refractivity (Wildman–Crippen MR) is 176 cm³/mol. The average Bonchev–Trinajstić information content (AvgIpc) is 3.03. The lowest BCUT2D eigenvalue weighted by Crippen LogP contribution is -2.73. The number of pyridine rings is 2. The van der Waals surface area contributed by atoms with Crippen LogP contribution in [0.3, 0.4) is 0 Å². The predicted octanol–water partition coefficient (Wildman–Crippen LogP) is -5.33. The Morgan fingerprint density at radius 1 is 1.02 bits per heavy atom. The van der Waals surface area contributed by atoms with Crippen molar-refractivity contribution in [2.24, 2.45) is 0 Å². The molecule has 208 valence electrons. The Morgan fingerprint density at radius 2 is 1.63 bits per heavy atom. The minimum Gasteiger partial charge on any atom is -0.397 e. The Hall–Kier alpha value is -3.02. The van der Waals surface area contributed by atoms with Gasteiger partial charge in [-0.3, -0.25) is 14.2 Å². The van der Waals surface area contributed by atoms with Gasteiger partial charge in [0, 0.05) is 30.7 Å². The summed E-state index contributed by atoms with van der Waals surface area (Å²) < 4.78 is 1.44. The number of ketones is 1. The van der Waals surface area contributed by atoms with Crippen LogP contribution in [0.5, 0.6) is 0 Å². The fourth-order valence-electron chi connectivity index (χ4n) is 6.71. The summed E-state index contributed by atoms with van der Waals surface area (Å²) >= 11 is 0. The van der Waals surface area contributed by atoms with Crippen molar-refractivity contribution in [1.82, 2.24) is 24.8 Å². The molecule has 3 aromatic rings.